The van der Waals surface area contributed by atoms with Crippen LogP contribution in [0.3, 0.4) is 0 Å². The molecule has 0 aliphatic carbocycles. The summed E-state index contributed by atoms with van der Waals surface area (Å²) in [5, 5.41) is 12.0. The molecule has 0 aliphatic heterocycles. The van der Waals surface area contributed by atoms with Crippen molar-refractivity contribution in [3.05, 3.63) is 20.3 Å². The highest BCUT2D eigenvalue weighted by Crippen LogP contribution is 2.26. The van der Waals surface area contributed by atoms with Crippen molar-refractivity contribution in [3.63, 3.8) is 0 Å². The van der Waals surface area contributed by atoms with Gasteiger partial charge in [-0.15, -0.1) is 11.3 Å². The van der Waals surface area contributed by atoms with E-state index < -0.39 is 0 Å². The summed E-state index contributed by atoms with van der Waals surface area (Å²) in [6.45, 7) is 4.42. The normalized spacial score (nSPS) is 10.9. The molecule has 1 rings (SSSR count). The van der Waals surface area contributed by atoms with Gasteiger partial charge in [0.05, 0.1) is 3.79 Å². The second-order valence-electron chi connectivity index (χ2n) is 3.54. The lowest BCUT2D eigenvalue weighted by atomic mass is 10.3. The maximum atomic E-state index is 8.61. The molecule has 5 heteroatoms. The van der Waals surface area contributed by atoms with Crippen LogP contribution in [0.15, 0.2) is 9.85 Å². The summed E-state index contributed by atoms with van der Waals surface area (Å²) in [5.41, 5.74) is 1.32. The van der Waals surface area contributed by atoms with E-state index >= 15 is 0 Å². The Labute approximate surface area is 114 Å². The zero-order valence-corrected chi connectivity index (χ0v) is 12.7. The lowest BCUT2D eigenvalue weighted by Gasteiger charge is -2.02. The van der Waals surface area contributed by atoms with Crippen molar-refractivity contribution in [2.75, 3.05) is 24.7 Å². The first-order chi connectivity index (χ1) is 7.74. The van der Waals surface area contributed by atoms with Crippen LogP contribution in [0.5, 0.6) is 0 Å². The Morgan fingerprint density at radius 1 is 1.50 bits per heavy atom. The Kier molecular flexibility index (Phi) is 7.73. The number of thioether (sulfide) groups is 1. The lowest BCUT2D eigenvalue weighted by molar-refractivity contribution is 0.296. The quantitative estimate of drug-likeness (QED) is 0.721. The van der Waals surface area contributed by atoms with Crippen LogP contribution >= 0.6 is 39.0 Å². The van der Waals surface area contributed by atoms with Crippen molar-refractivity contribution in [2.24, 2.45) is 0 Å². The van der Waals surface area contributed by atoms with Gasteiger partial charge in [-0.2, -0.15) is 11.8 Å². The van der Waals surface area contributed by atoms with Gasteiger partial charge in [0.1, 0.15) is 0 Å². The Bertz CT molecular complexity index is 285. The minimum atomic E-state index is 0.308. The van der Waals surface area contributed by atoms with E-state index in [0.717, 1.165) is 31.0 Å². The van der Waals surface area contributed by atoms with Crippen molar-refractivity contribution < 1.29 is 5.11 Å². The molecule has 1 aromatic rings. The van der Waals surface area contributed by atoms with Crippen LogP contribution in [0.1, 0.15) is 16.9 Å². The molecule has 92 valence electrons. The Hall–Kier alpha value is 0.450. The molecular formula is C11H18BrNOS2. The summed E-state index contributed by atoms with van der Waals surface area (Å²) in [4.78, 5) is 1.38. The van der Waals surface area contributed by atoms with Gasteiger partial charge in [-0.3, -0.25) is 0 Å². The summed E-state index contributed by atoms with van der Waals surface area (Å²) in [6.07, 6.45) is 0.904. The van der Waals surface area contributed by atoms with Crippen molar-refractivity contribution in [2.45, 2.75) is 19.9 Å². The van der Waals surface area contributed by atoms with Gasteiger partial charge < -0.3 is 10.4 Å². The molecule has 0 atom stereocenters. The van der Waals surface area contributed by atoms with E-state index in [1.807, 2.05) is 11.8 Å². The predicted molar refractivity (Wildman–Crippen MR) is 77.5 cm³/mol. The minimum Gasteiger partial charge on any atom is -0.396 e. The molecule has 0 bridgehead atoms. The van der Waals surface area contributed by atoms with E-state index in [1.54, 1.807) is 11.3 Å². The molecule has 0 radical (unpaired) electrons. The second kappa shape index (κ2) is 8.53. The average Bonchev–Trinajstić information content (AvgIpc) is 2.57. The van der Waals surface area contributed by atoms with E-state index in [9.17, 15) is 0 Å². The fourth-order valence-corrected chi connectivity index (χ4v) is 3.66. The molecule has 0 saturated carbocycles. The van der Waals surface area contributed by atoms with Gasteiger partial charge >= 0.3 is 0 Å². The van der Waals surface area contributed by atoms with Crippen LogP contribution in [0.2, 0.25) is 0 Å². The number of aliphatic hydroxyl groups excluding tert-OH is 1. The zero-order valence-electron chi connectivity index (χ0n) is 9.46. The summed E-state index contributed by atoms with van der Waals surface area (Å²) < 4.78 is 1.24. The van der Waals surface area contributed by atoms with E-state index in [2.05, 4.69) is 34.2 Å². The van der Waals surface area contributed by atoms with Crippen molar-refractivity contribution >= 4 is 39.0 Å². The maximum absolute atomic E-state index is 8.61. The molecule has 1 heterocycles. The Morgan fingerprint density at radius 2 is 2.31 bits per heavy atom. The first-order valence-corrected chi connectivity index (χ1v) is 8.14. The first-order valence-electron chi connectivity index (χ1n) is 5.38. The average molecular weight is 324 g/mol. The lowest BCUT2D eigenvalue weighted by Crippen LogP contribution is -2.16. The SMILES string of the molecule is Cc1cc(CNCCSCCCO)sc1Br. The zero-order chi connectivity index (χ0) is 11.8. The van der Waals surface area contributed by atoms with Crippen LogP contribution in [-0.4, -0.2) is 29.8 Å². The molecule has 0 amide bonds. The number of hydrogen-bond acceptors (Lipinski definition) is 4. The van der Waals surface area contributed by atoms with Crippen molar-refractivity contribution in [1.82, 2.24) is 5.32 Å². The van der Waals surface area contributed by atoms with Gasteiger partial charge in [-0.25, -0.2) is 0 Å². The molecule has 0 aromatic carbocycles. The molecular weight excluding hydrogens is 306 g/mol. The second-order valence-corrected chi connectivity index (χ2v) is 7.22. The van der Waals surface area contributed by atoms with Crippen LogP contribution in [0, 0.1) is 6.92 Å². The van der Waals surface area contributed by atoms with Crippen molar-refractivity contribution in [1.29, 1.82) is 0 Å². The fraction of sp³-hybridized carbons (Fsp3) is 0.636. The molecule has 0 fully saturated rings. The molecule has 0 saturated heterocycles. The summed E-state index contributed by atoms with van der Waals surface area (Å²) in [6, 6.07) is 2.22. The van der Waals surface area contributed by atoms with Crippen molar-refractivity contribution in [3.8, 4) is 0 Å². The highest BCUT2D eigenvalue weighted by atomic mass is 79.9. The summed E-state index contributed by atoms with van der Waals surface area (Å²) in [5.74, 6) is 2.17. The molecule has 0 spiro atoms. The Morgan fingerprint density at radius 3 is 2.94 bits per heavy atom. The minimum absolute atomic E-state index is 0.308. The molecule has 2 N–H and O–H groups in total. The highest BCUT2D eigenvalue weighted by molar-refractivity contribution is 9.11. The van der Waals surface area contributed by atoms with E-state index in [1.165, 1.54) is 14.2 Å². The molecule has 1 aromatic heterocycles. The third-order valence-electron chi connectivity index (χ3n) is 2.08. The number of rotatable bonds is 8. The van der Waals surface area contributed by atoms with Gasteiger partial charge in [0, 0.05) is 30.3 Å². The molecule has 0 unspecified atom stereocenters. The monoisotopic (exact) mass is 323 g/mol. The van der Waals surface area contributed by atoms with E-state index in [-0.39, 0.29) is 0 Å². The third kappa shape index (κ3) is 5.68. The van der Waals surface area contributed by atoms with E-state index in [0.29, 0.717) is 6.61 Å². The third-order valence-corrected chi connectivity index (χ3v) is 5.28. The van der Waals surface area contributed by atoms with Gasteiger partial charge in [0.25, 0.3) is 0 Å². The van der Waals surface area contributed by atoms with Gasteiger partial charge in [0.2, 0.25) is 0 Å². The van der Waals surface area contributed by atoms with Gasteiger partial charge in [0.15, 0.2) is 0 Å². The molecule has 0 aliphatic rings. The fourth-order valence-electron chi connectivity index (χ4n) is 1.23. The molecule has 16 heavy (non-hydrogen) atoms. The number of aliphatic hydroxyl groups is 1. The maximum Gasteiger partial charge on any atom is 0.0730 e. The first kappa shape index (κ1) is 14.5. The molecule has 2 nitrogen and oxygen atoms in total. The largest absolute Gasteiger partial charge is 0.396 e. The Balaban J connectivity index is 2.03. The number of aryl methyl sites for hydroxylation is 1. The standard InChI is InChI=1S/C11H18BrNOS2/c1-9-7-10(16-11(9)12)8-13-3-6-15-5-2-4-14/h7,13-14H,2-6,8H2,1H3. The number of hydrogen-bond donors (Lipinski definition) is 2. The van der Waals surface area contributed by atoms with Crippen LogP contribution < -0.4 is 5.32 Å². The van der Waals surface area contributed by atoms with Crippen LogP contribution in [0.4, 0.5) is 0 Å². The highest BCUT2D eigenvalue weighted by Gasteiger charge is 2.01. The smallest absolute Gasteiger partial charge is 0.0730 e. The number of thiophene rings is 1. The van der Waals surface area contributed by atoms with E-state index in [4.69, 9.17) is 5.11 Å². The summed E-state index contributed by atoms with van der Waals surface area (Å²) >= 11 is 7.22. The van der Waals surface area contributed by atoms with Crippen LogP contribution in [-0.2, 0) is 6.54 Å². The number of halogens is 1. The summed E-state index contributed by atoms with van der Waals surface area (Å²) in [7, 11) is 0. The number of nitrogens with one attached hydrogen (secondary N) is 1. The van der Waals surface area contributed by atoms with Crippen LogP contribution in [0.25, 0.3) is 0 Å². The van der Waals surface area contributed by atoms with Gasteiger partial charge in [-0.1, -0.05) is 0 Å². The predicted octanol–water partition coefficient (Wildman–Crippen LogP) is 3.02. The van der Waals surface area contributed by atoms with Gasteiger partial charge in [-0.05, 0) is 46.7 Å². The topological polar surface area (TPSA) is 32.3 Å².